The Labute approximate surface area is 121 Å². The Morgan fingerprint density at radius 2 is 1.85 bits per heavy atom. The van der Waals surface area contributed by atoms with Gasteiger partial charge in [-0.15, -0.1) is 0 Å². The summed E-state index contributed by atoms with van der Waals surface area (Å²) in [6.07, 6.45) is 6.02. The maximum absolute atomic E-state index is 12.7. The van der Waals surface area contributed by atoms with Crippen molar-refractivity contribution < 1.29 is 9.59 Å². The van der Waals surface area contributed by atoms with Crippen LogP contribution in [0.3, 0.4) is 0 Å². The smallest absolute Gasteiger partial charge is 0.235 e. The minimum atomic E-state index is -0.391. The Morgan fingerprint density at radius 1 is 1.20 bits per heavy atom. The number of hydrogen-bond donors (Lipinski definition) is 0. The molecule has 3 saturated carbocycles. The molecule has 3 aliphatic carbocycles. The number of nitrogens with zero attached hydrogens (tertiary/aromatic N) is 1. The summed E-state index contributed by atoms with van der Waals surface area (Å²) in [5.41, 5.74) is -0.391. The number of likely N-dealkylation sites (tertiary alicyclic amines) is 1. The van der Waals surface area contributed by atoms with Gasteiger partial charge in [0.1, 0.15) is 0 Å². The van der Waals surface area contributed by atoms with Gasteiger partial charge in [0.15, 0.2) is 0 Å². The van der Waals surface area contributed by atoms with Crippen LogP contribution in [0.5, 0.6) is 0 Å². The molecule has 3 heteroatoms. The van der Waals surface area contributed by atoms with Crippen molar-refractivity contribution in [1.29, 1.82) is 0 Å². The lowest BCUT2D eigenvalue weighted by Gasteiger charge is -2.53. The van der Waals surface area contributed by atoms with Crippen LogP contribution in [0.2, 0.25) is 0 Å². The van der Waals surface area contributed by atoms with Crippen LogP contribution in [0.1, 0.15) is 52.9 Å². The first kappa shape index (κ1) is 12.8. The Bertz CT molecular complexity index is 483. The van der Waals surface area contributed by atoms with Gasteiger partial charge in [-0.2, -0.15) is 0 Å². The molecule has 0 aromatic rings. The number of β-lactam (4-membered cyclic amide) rings is 1. The van der Waals surface area contributed by atoms with Crippen LogP contribution < -0.4 is 0 Å². The average molecular weight is 275 g/mol. The lowest BCUT2D eigenvalue weighted by atomic mass is 9.66. The second kappa shape index (κ2) is 3.86. The molecule has 6 atom stereocenters. The van der Waals surface area contributed by atoms with Gasteiger partial charge in [-0.25, -0.2) is 0 Å². The first-order valence-corrected chi connectivity index (χ1v) is 8.35. The van der Waals surface area contributed by atoms with Gasteiger partial charge in [0.2, 0.25) is 11.8 Å². The van der Waals surface area contributed by atoms with Gasteiger partial charge in [0.05, 0.1) is 12.0 Å². The Kier molecular flexibility index (Phi) is 2.48. The lowest BCUT2D eigenvalue weighted by Crippen LogP contribution is -2.68. The first-order chi connectivity index (χ1) is 9.47. The van der Waals surface area contributed by atoms with E-state index in [1.165, 1.54) is 25.7 Å². The van der Waals surface area contributed by atoms with Crippen LogP contribution >= 0.6 is 0 Å². The molecule has 0 aromatic heterocycles. The number of hydrogen-bond acceptors (Lipinski definition) is 2. The van der Waals surface area contributed by atoms with Crippen molar-refractivity contribution >= 4 is 11.8 Å². The second-order valence-electron chi connectivity index (χ2n) is 8.09. The SMILES string of the molecule is CCC(C)(C)C(=O)N1C(=O)C2C3CC(C4CCCC43)C21. The summed E-state index contributed by atoms with van der Waals surface area (Å²) >= 11 is 0. The number of rotatable bonds is 2. The third-order valence-electron chi connectivity index (χ3n) is 7.04. The van der Waals surface area contributed by atoms with E-state index in [1.807, 2.05) is 20.8 Å². The highest BCUT2D eigenvalue weighted by molar-refractivity contribution is 6.04. The van der Waals surface area contributed by atoms with E-state index in [9.17, 15) is 9.59 Å². The molecule has 1 saturated heterocycles. The zero-order valence-electron chi connectivity index (χ0n) is 12.8. The van der Waals surface area contributed by atoms with Gasteiger partial charge in [-0.1, -0.05) is 27.2 Å². The number of amides is 2. The highest BCUT2D eigenvalue weighted by Crippen LogP contribution is 2.65. The van der Waals surface area contributed by atoms with Gasteiger partial charge in [0.25, 0.3) is 0 Å². The quantitative estimate of drug-likeness (QED) is 0.727. The molecule has 2 bridgehead atoms. The van der Waals surface area contributed by atoms with Gasteiger partial charge >= 0.3 is 0 Å². The molecular weight excluding hydrogens is 250 g/mol. The van der Waals surface area contributed by atoms with E-state index < -0.39 is 5.41 Å². The summed E-state index contributed by atoms with van der Waals surface area (Å²) in [4.78, 5) is 26.9. The largest absolute Gasteiger partial charge is 0.278 e. The predicted octanol–water partition coefficient (Wildman–Crippen LogP) is 2.84. The van der Waals surface area contributed by atoms with E-state index in [0.717, 1.165) is 18.3 Å². The highest BCUT2D eigenvalue weighted by atomic mass is 16.2. The van der Waals surface area contributed by atoms with Crippen LogP contribution in [0, 0.1) is 35.0 Å². The number of carbonyl (C=O) groups is 2. The molecule has 6 unspecified atom stereocenters. The first-order valence-electron chi connectivity index (χ1n) is 8.35. The minimum absolute atomic E-state index is 0.0772. The molecule has 1 heterocycles. The number of carbonyl (C=O) groups excluding carboxylic acids is 2. The lowest BCUT2D eigenvalue weighted by molar-refractivity contribution is -0.178. The van der Waals surface area contributed by atoms with Gasteiger partial charge < -0.3 is 0 Å². The van der Waals surface area contributed by atoms with Gasteiger partial charge in [-0.3, -0.25) is 14.5 Å². The molecule has 4 fully saturated rings. The normalized spacial score (nSPS) is 45.4. The van der Waals surface area contributed by atoms with E-state index >= 15 is 0 Å². The van der Waals surface area contributed by atoms with E-state index in [4.69, 9.17) is 0 Å². The molecule has 0 N–H and O–H groups in total. The summed E-state index contributed by atoms with van der Waals surface area (Å²) in [7, 11) is 0. The fourth-order valence-corrected chi connectivity index (χ4v) is 5.69. The second-order valence-corrected chi connectivity index (χ2v) is 8.09. The van der Waals surface area contributed by atoms with Crippen LogP contribution in [-0.2, 0) is 9.59 Å². The maximum atomic E-state index is 12.7. The summed E-state index contributed by atoms with van der Waals surface area (Å²) in [6.45, 7) is 5.98. The molecule has 1 aliphatic heterocycles. The monoisotopic (exact) mass is 275 g/mol. The molecule has 0 radical (unpaired) electrons. The summed E-state index contributed by atoms with van der Waals surface area (Å²) in [6, 6.07) is 0.269. The van der Waals surface area contributed by atoms with Crippen LogP contribution in [-0.4, -0.2) is 22.8 Å². The molecule has 2 amide bonds. The van der Waals surface area contributed by atoms with E-state index in [1.54, 1.807) is 4.90 Å². The van der Waals surface area contributed by atoms with Crippen LogP contribution in [0.4, 0.5) is 0 Å². The Balaban J connectivity index is 1.61. The molecule has 0 spiro atoms. The highest BCUT2D eigenvalue weighted by Gasteiger charge is 2.70. The zero-order chi connectivity index (χ0) is 14.2. The molecule has 4 aliphatic rings. The molecule has 20 heavy (non-hydrogen) atoms. The third kappa shape index (κ3) is 1.32. The van der Waals surface area contributed by atoms with Crippen molar-refractivity contribution in [3.05, 3.63) is 0 Å². The van der Waals surface area contributed by atoms with Crippen LogP contribution in [0.15, 0.2) is 0 Å². The Hall–Kier alpha value is -0.860. The fourth-order valence-electron chi connectivity index (χ4n) is 5.69. The van der Waals surface area contributed by atoms with Crippen molar-refractivity contribution in [2.24, 2.45) is 35.0 Å². The molecular formula is C17H25NO2. The summed E-state index contributed by atoms with van der Waals surface area (Å²) in [5.74, 6) is 3.30. The van der Waals surface area contributed by atoms with E-state index in [2.05, 4.69) is 0 Å². The molecule has 4 rings (SSSR count). The van der Waals surface area contributed by atoms with E-state index in [-0.39, 0.29) is 23.8 Å². The van der Waals surface area contributed by atoms with E-state index in [0.29, 0.717) is 11.8 Å². The van der Waals surface area contributed by atoms with Crippen molar-refractivity contribution in [1.82, 2.24) is 4.90 Å². The third-order valence-corrected chi connectivity index (χ3v) is 7.04. The van der Waals surface area contributed by atoms with Crippen molar-refractivity contribution in [3.8, 4) is 0 Å². The van der Waals surface area contributed by atoms with Gasteiger partial charge in [-0.05, 0) is 49.4 Å². The molecule has 3 nitrogen and oxygen atoms in total. The van der Waals surface area contributed by atoms with Crippen LogP contribution in [0.25, 0.3) is 0 Å². The van der Waals surface area contributed by atoms with Crippen molar-refractivity contribution in [2.45, 2.75) is 58.9 Å². The standard InChI is InChI=1S/C17H25NO2/c1-4-17(2,3)16(20)18-14-12-8-11(13(14)15(18)19)9-6-5-7-10(9)12/h9-14H,4-8H2,1-3H3. The average Bonchev–Trinajstić information content (AvgIpc) is 3.07. The summed E-state index contributed by atoms with van der Waals surface area (Å²) < 4.78 is 0. The topological polar surface area (TPSA) is 37.4 Å². The fraction of sp³-hybridized carbons (Fsp3) is 0.882. The zero-order valence-corrected chi connectivity index (χ0v) is 12.8. The number of fused-ring (bicyclic) bond motifs is 8. The van der Waals surface area contributed by atoms with Crippen molar-refractivity contribution in [2.75, 3.05) is 0 Å². The maximum Gasteiger partial charge on any atom is 0.235 e. The summed E-state index contributed by atoms with van der Waals surface area (Å²) in [5, 5.41) is 0. The minimum Gasteiger partial charge on any atom is -0.278 e. The molecule has 0 aromatic carbocycles. The number of imide groups is 1. The molecule has 110 valence electrons. The van der Waals surface area contributed by atoms with Crippen molar-refractivity contribution in [3.63, 3.8) is 0 Å². The Morgan fingerprint density at radius 3 is 2.50 bits per heavy atom. The predicted molar refractivity (Wildman–Crippen MR) is 75.6 cm³/mol. The van der Waals surface area contributed by atoms with Gasteiger partial charge in [0, 0.05) is 5.41 Å².